The Hall–Kier alpha value is -4.47. The van der Waals surface area contributed by atoms with E-state index in [0.29, 0.717) is 72.6 Å². The van der Waals surface area contributed by atoms with Gasteiger partial charge in [0.15, 0.2) is 11.5 Å². The number of hydrogen-bond acceptors (Lipinski definition) is 10. The average molecular weight is 669 g/mol. The van der Waals surface area contributed by atoms with Crippen molar-refractivity contribution in [1.29, 1.82) is 0 Å². The van der Waals surface area contributed by atoms with Crippen LogP contribution < -0.4 is 20.9 Å². The van der Waals surface area contributed by atoms with E-state index in [1.165, 1.54) is 6.07 Å². The number of amides is 1. The number of halogens is 3. The predicted octanol–water partition coefficient (Wildman–Crippen LogP) is 4.55. The van der Waals surface area contributed by atoms with E-state index in [1.54, 1.807) is 36.1 Å². The molecule has 1 fully saturated rings. The van der Waals surface area contributed by atoms with Gasteiger partial charge in [0.05, 0.1) is 17.6 Å². The number of alkyl halides is 3. The molecule has 0 saturated carbocycles. The SMILES string of the molecule is Cc1ccc(NC(=O)c2cc(N3CCN(CCO)CC3)cc(C(F)(F)F)c2)cc1Nc1nn(C)c2nc(NCCCCN(C)C)ncc12. The second-order valence-corrected chi connectivity index (χ2v) is 12.3. The van der Waals surface area contributed by atoms with Crippen molar-refractivity contribution in [3.8, 4) is 0 Å². The number of unbranched alkanes of at least 4 members (excludes halogenated alkanes) is 1. The summed E-state index contributed by atoms with van der Waals surface area (Å²) in [5.74, 6) is 0.386. The number of aromatic nitrogens is 4. The van der Waals surface area contributed by atoms with Crippen LogP contribution in [0.2, 0.25) is 0 Å². The molecule has 1 aliphatic rings. The van der Waals surface area contributed by atoms with Crippen LogP contribution in [0.15, 0.2) is 42.6 Å². The van der Waals surface area contributed by atoms with Crippen LogP contribution in [0.4, 0.5) is 42.0 Å². The fraction of sp³-hybridized carbons (Fsp3) is 0.455. The average Bonchev–Trinajstić information content (AvgIpc) is 3.36. The topological polar surface area (TPSA) is 127 Å². The minimum atomic E-state index is -4.62. The van der Waals surface area contributed by atoms with Crippen LogP contribution in [0, 0.1) is 6.92 Å². The fourth-order valence-corrected chi connectivity index (χ4v) is 5.59. The number of aryl methyl sites for hydroxylation is 2. The molecule has 2 aromatic heterocycles. The molecule has 0 spiro atoms. The summed E-state index contributed by atoms with van der Waals surface area (Å²) >= 11 is 0. The highest BCUT2D eigenvalue weighted by atomic mass is 19.4. The van der Waals surface area contributed by atoms with Gasteiger partial charge in [-0.05, 0) is 76.3 Å². The molecule has 1 aliphatic heterocycles. The second kappa shape index (κ2) is 15.2. The summed E-state index contributed by atoms with van der Waals surface area (Å²) in [6.07, 6.45) is -0.865. The Kier molecular flexibility index (Phi) is 11.0. The van der Waals surface area contributed by atoms with E-state index < -0.39 is 17.6 Å². The van der Waals surface area contributed by atoms with Crippen LogP contribution in [-0.2, 0) is 13.2 Å². The van der Waals surface area contributed by atoms with E-state index in [9.17, 15) is 23.1 Å². The van der Waals surface area contributed by atoms with Gasteiger partial charge in [-0.15, -0.1) is 0 Å². The third-order valence-electron chi connectivity index (χ3n) is 8.30. The second-order valence-electron chi connectivity index (χ2n) is 12.3. The summed E-state index contributed by atoms with van der Waals surface area (Å²) in [7, 11) is 5.89. The van der Waals surface area contributed by atoms with Crippen molar-refractivity contribution in [3.63, 3.8) is 0 Å². The molecule has 0 atom stereocenters. The Balaban J connectivity index is 1.31. The molecule has 0 radical (unpaired) electrons. The lowest BCUT2D eigenvalue weighted by Gasteiger charge is -2.36. The predicted molar refractivity (Wildman–Crippen MR) is 182 cm³/mol. The van der Waals surface area contributed by atoms with Gasteiger partial charge in [-0.3, -0.25) is 9.69 Å². The number of aliphatic hydroxyl groups is 1. The van der Waals surface area contributed by atoms with Crippen LogP contribution in [0.25, 0.3) is 11.0 Å². The fourth-order valence-electron chi connectivity index (χ4n) is 5.59. The molecule has 258 valence electrons. The van der Waals surface area contributed by atoms with Gasteiger partial charge >= 0.3 is 6.18 Å². The number of nitrogens with one attached hydrogen (secondary N) is 3. The van der Waals surface area contributed by atoms with E-state index in [4.69, 9.17) is 0 Å². The van der Waals surface area contributed by atoms with Crippen LogP contribution in [0.5, 0.6) is 0 Å². The quantitative estimate of drug-likeness (QED) is 0.151. The number of fused-ring (bicyclic) bond motifs is 1. The van der Waals surface area contributed by atoms with Crippen LogP contribution in [0.1, 0.15) is 34.3 Å². The molecule has 2 aromatic carbocycles. The molecule has 3 heterocycles. The summed E-state index contributed by atoms with van der Waals surface area (Å²) in [5, 5.41) is 23.9. The lowest BCUT2D eigenvalue weighted by Crippen LogP contribution is -2.47. The summed E-state index contributed by atoms with van der Waals surface area (Å²) in [5.41, 5.74) is 1.91. The molecule has 48 heavy (non-hydrogen) atoms. The van der Waals surface area contributed by atoms with Gasteiger partial charge in [0.1, 0.15) is 0 Å². The Morgan fingerprint density at radius 3 is 2.54 bits per heavy atom. The number of hydrogen-bond donors (Lipinski definition) is 4. The minimum Gasteiger partial charge on any atom is -0.395 e. The number of β-amino-alcohol motifs (C(OH)–C–C–N with tert-alkyl or cyclic N) is 1. The number of benzene rings is 2. The highest BCUT2D eigenvalue weighted by Gasteiger charge is 2.33. The minimum absolute atomic E-state index is 0.0212. The third kappa shape index (κ3) is 8.70. The first-order chi connectivity index (χ1) is 22.9. The molecule has 0 unspecified atom stereocenters. The Morgan fingerprint density at radius 2 is 1.83 bits per heavy atom. The molecular weight excluding hydrogens is 625 g/mol. The summed E-state index contributed by atoms with van der Waals surface area (Å²) in [6.45, 7) is 6.37. The normalized spacial score (nSPS) is 14.1. The number of rotatable bonds is 13. The standard InChI is InChI=1S/C33H43F3N10O2/c1-22-7-8-25(20-28(22)40-29-27-21-38-32(41-30(27)44(4)42-29)37-9-5-6-10-43(2)3)39-31(48)23-17-24(33(34,35)36)19-26(18-23)46-13-11-45(12-14-46)15-16-47/h7-8,17-21,47H,5-6,9-16H2,1-4H3,(H,39,48)(H,40,42)(H,37,38,41). The number of aliphatic hydroxyl groups excluding tert-OH is 1. The molecule has 5 rings (SSSR count). The zero-order valence-corrected chi connectivity index (χ0v) is 27.7. The van der Waals surface area contributed by atoms with Gasteiger partial charge in [-0.1, -0.05) is 6.07 Å². The molecule has 4 N–H and O–H groups in total. The molecule has 4 aromatic rings. The Labute approximate surface area is 277 Å². The Morgan fingerprint density at radius 1 is 1.06 bits per heavy atom. The van der Waals surface area contributed by atoms with Crippen LogP contribution >= 0.6 is 0 Å². The van der Waals surface area contributed by atoms with Crippen molar-refractivity contribution in [1.82, 2.24) is 29.5 Å². The number of piperazine rings is 1. The van der Waals surface area contributed by atoms with Crippen molar-refractivity contribution in [2.75, 3.05) is 87.4 Å². The maximum absolute atomic E-state index is 13.9. The van der Waals surface area contributed by atoms with Gasteiger partial charge in [0, 0.05) is 75.1 Å². The highest BCUT2D eigenvalue weighted by molar-refractivity contribution is 6.05. The molecule has 0 aliphatic carbocycles. The van der Waals surface area contributed by atoms with Gasteiger partial charge < -0.3 is 30.9 Å². The first-order valence-electron chi connectivity index (χ1n) is 16.0. The monoisotopic (exact) mass is 668 g/mol. The molecule has 15 heteroatoms. The van der Waals surface area contributed by atoms with Crippen molar-refractivity contribution in [2.24, 2.45) is 7.05 Å². The molecule has 1 saturated heterocycles. The molecule has 12 nitrogen and oxygen atoms in total. The summed E-state index contributed by atoms with van der Waals surface area (Å²) in [6, 6.07) is 8.67. The van der Waals surface area contributed by atoms with Crippen molar-refractivity contribution >= 4 is 45.8 Å². The first-order valence-corrected chi connectivity index (χ1v) is 16.0. The van der Waals surface area contributed by atoms with Crippen molar-refractivity contribution in [2.45, 2.75) is 25.9 Å². The zero-order chi connectivity index (χ0) is 34.4. The van der Waals surface area contributed by atoms with Crippen molar-refractivity contribution < 1.29 is 23.1 Å². The van der Waals surface area contributed by atoms with Gasteiger partial charge in [0.25, 0.3) is 5.91 Å². The molecule has 0 bridgehead atoms. The Bertz CT molecular complexity index is 1720. The maximum atomic E-state index is 13.9. The zero-order valence-electron chi connectivity index (χ0n) is 27.7. The molecular formula is C33H43F3N10O2. The lowest BCUT2D eigenvalue weighted by atomic mass is 10.1. The van der Waals surface area contributed by atoms with E-state index in [2.05, 4.69) is 35.9 Å². The van der Waals surface area contributed by atoms with Gasteiger partial charge in [0.2, 0.25) is 5.95 Å². The number of anilines is 5. The van der Waals surface area contributed by atoms with E-state index >= 15 is 0 Å². The van der Waals surface area contributed by atoms with Crippen LogP contribution in [-0.4, -0.2) is 107 Å². The number of nitrogens with zero attached hydrogens (tertiary/aromatic N) is 7. The maximum Gasteiger partial charge on any atom is 0.416 e. The number of carbonyl (C=O) groups excluding carboxylic acids is 1. The third-order valence-corrected chi connectivity index (χ3v) is 8.30. The van der Waals surface area contributed by atoms with Gasteiger partial charge in [-0.25, -0.2) is 9.67 Å². The smallest absolute Gasteiger partial charge is 0.395 e. The first kappa shape index (κ1) is 34.9. The lowest BCUT2D eigenvalue weighted by molar-refractivity contribution is -0.137. The van der Waals surface area contributed by atoms with E-state index in [1.807, 2.05) is 30.8 Å². The molecule has 1 amide bonds. The highest BCUT2D eigenvalue weighted by Crippen LogP contribution is 2.34. The summed E-state index contributed by atoms with van der Waals surface area (Å²) in [4.78, 5) is 28.5. The number of carbonyl (C=O) groups is 1. The summed E-state index contributed by atoms with van der Waals surface area (Å²) < 4.78 is 43.4. The van der Waals surface area contributed by atoms with Crippen LogP contribution in [0.3, 0.4) is 0 Å². The van der Waals surface area contributed by atoms with Crippen molar-refractivity contribution in [3.05, 3.63) is 59.3 Å². The van der Waals surface area contributed by atoms with E-state index in [0.717, 1.165) is 43.6 Å². The van der Waals surface area contributed by atoms with Gasteiger partial charge in [-0.2, -0.15) is 23.3 Å². The largest absolute Gasteiger partial charge is 0.416 e. The van der Waals surface area contributed by atoms with E-state index in [-0.39, 0.29) is 12.2 Å².